The van der Waals surface area contributed by atoms with Gasteiger partial charge in [0.1, 0.15) is 22.5 Å². The summed E-state index contributed by atoms with van der Waals surface area (Å²) < 4.78 is 14.4. The van der Waals surface area contributed by atoms with Crippen molar-refractivity contribution in [1.29, 1.82) is 0 Å². The molecule has 152 valence electrons. The minimum Gasteiger partial charge on any atom is -0.336 e. The molecule has 3 N–H and O–H groups in total. The molecule has 0 bridgehead atoms. The van der Waals surface area contributed by atoms with Gasteiger partial charge in [0, 0.05) is 18.3 Å². The van der Waals surface area contributed by atoms with Gasteiger partial charge in [0.2, 0.25) is 0 Å². The van der Waals surface area contributed by atoms with Crippen LogP contribution >= 0.6 is 0 Å². The molecule has 8 heteroatoms. The SMILES string of the molecule is Fc1ccccc1-c1nccc2[nH]c(-c3n[nH]c4ccc(C5=CCNCC5)nc34)nc12. The van der Waals surface area contributed by atoms with Gasteiger partial charge in [-0.3, -0.25) is 10.1 Å². The second-order valence-corrected chi connectivity index (χ2v) is 7.47. The predicted octanol–water partition coefficient (Wildman–Crippen LogP) is 4.08. The number of fused-ring (bicyclic) bond motifs is 2. The maximum atomic E-state index is 14.4. The Bertz CT molecular complexity index is 1460. The van der Waals surface area contributed by atoms with Gasteiger partial charge in [0.15, 0.2) is 11.5 Å². The summed E-state index contributed by atoms with van der Waals surface area (Å²) in [5.74, 6) is 0.231. The van der Waals surface area contributed by atoms with Crippen LogP contribution in [0.5, 0.6) is 0 Å². The molecular weight excluding hydrogens is 393 g/mol. The van der Waals surface area contributed by atoms with Crippen molar-refractivity contribution >= 4 is 27.6 Å². The molecule has 0 spiro atoms. The Balaban J connectivity index is 1.50. The van der Waals surface area contributed by atoms with Gasteiger partial charge in [0.05, 0.1) is 16.7 Å². The first-order valence-electron chi connectivity index (χ1n) is 10.1. The fourth-order valence-corrected chi connectivity index (χ4v) is 4.00. The number of rotatable bonds is 3. The Labute approximate surface area is 176 Å². The van der Waals surface area contributed by atoms with Crippen LogP contribution in [-0.4, -0.2) is 43.2 Å². The van der Waals surface area contributed by atoms with Gasteiger partial charge < -0.3 is 10.3 Å². The van der Waals surface area contributed by atoms with Crippen LogP contribution in [0.2, 0.25) is 0 Å². The number of hydrogen-bond acceptors (Lipinski definition) is 5. The molecule has 0 fully saturated rings. The van der Waals surface area contributed by atoms with E-state index in [0.717, 1.165) is 41.8 Å². The maximum absolute atomic E-state index is 14.4. The highest BCUT2D eigenvalue weighted by atomic mass is 19.1. The van der Waals surface area contributed by atoms with E-state index in [1.165, 1.54) is 11.6 Å². The van der Waals surface area contributed by atoms with Crippen LogP contribution in [0, 0.1) is 5.82 Å². The van der Waals surface area contributed by atoms with Crippen LogP contribution in [0.25, 0.3) is 50.4 Å². The zero-order valence-electron chi connectivity index (χ0n) is 16.5. The molecule has 0 amide bonds. The Hall–Kier alpha value is -3.91. The summed E-state index contributed by atoms with van der Waals surface area (Å²) in [5.41, 5.74) is 6.64. The van der Waals surface area contributed by atoms with E-state index >= 15 is 0 Å². The van der Waals surface area contributed by atoms with Crippen molar-refractivity contribution in [3.05, 3.63) is 66.2 Å². The average Bonchev–Trinajstić information content (AvgIpc) is 3.43. The highest BCUT2D eigenvalue weighted by Crippen LogP contribution is 2.31. The lowest BCUT2D eigenvalue weighted by molar-refractivity contribution is 0.631. The highest BCUT2D eigenvalue weighted by molar-refractivity contribution is 5.94. The third-order valence-corrected chi connectivity index (χ3v) is 5.55. The van der Waals surface area contributed by atoms with E-state index in [9.17, 15) is 4.39 Å². The van der Waals surface area contributed by atoms with Crippen molar-refractivity contribution in [2.24, 2.45) is 0 Å². The lowest BCUT2D eigenvalue weighted by Crippen LogP contribution is -2.20. The molecule has 0 radical (unpaired) electrons. The number of hydrogen-bond donors (Lipinski definition) is 3. The van der Waals surface area contributed by atoms with Crippen molar-refractivity contribution in [2.45, 2.75) is 6.42 Å². The van der Waals surface area contributed by atoms with Crippen LogP contribution in [0.3, 0.4) is 0 Å². The number of nitrogens with one attached hydrogen (secondary N) is 3. The summed E-state index contributed by atoms with van der Waals surface area (Å²) in [4.78, 5) is 17.3. The molecule has 7 nitrogen and oxygen atoms in total. The monoisotopic (exact) mass is 411 g/mol. The van der Waals surface area contributed by atoms with E-state index in [1.807, 2.05) is 18.2 Å². The van der Waals surface area contributed by atoms with Crippen molar-refractivity contribution in [3.63, 3.8) is 0 Å². The Morgan fingerprint density at radius 2 is 1.81 bits per heavy atom. The Morgan fingerprint density at radius 1 is 0.903 bits per heavy atom. The normalized spacial score (nSPS) is 14.3. The molecule has 4 aromatic heterocycles. The number of pyridine rings is 2. The lowest BCUT2D eigenvalue weighted by atomic mass is 10.1. The molecule has 1 aliphatic heterocycles. The van der Waals surface area contributed by atoms with Gasteiger partial charge in [-0.15, -0.1) is 0 Å². The first kappa shape index (κ1) is 17.9. The quantitative estimate of drug-likeness (QED) is 0.416. The molecule has 5 heterocycles. The van der Waals surface area contributed by atoms with Crippen molar-refractivity contribution < 1.29 is 4.39 Å². The smallest absolute Gasteiger partial charge is 0.161 e. The summed E-state index contributed by atoms with van der Waals surface area (Å²) in [6, 6.07) is 12.4. The fourth-order valence-electron chi connectivity index (χ4n) is 4.00. The summed E-state index contributed by atoms with van der Waals surface area (Å²) in [7, 11) is 0. The van der Waals surface area contributed by atoms with Crippen LogP contribution in [0.15, 0.2) is 54.7 Å². The van der Waals surface area contributed by atoms with E-state index < -0.39 is 0 Å². The molecule has 0 saturated heterocycles. The van der Waals surface area contributed by atoms with Gasteiger partial charge in [-0.1, -0.05) is 18.2 Å². The summed E-state index contributed by atoms with van der Waals surface area (Å²) in [6.07, 6.45) is 4.76. The third kappa shape index (κ3) is 3.00. The number of aromatic amines is 2. The molecule has 6 rings (SSSR count). The zero-order chi connectivity index (χ0) is 20.8. The molecular formula is C23H18FN7. The number of aromatic nitrogens is 6. The van der Waals surface area contributed by atoms with E-state index in [0.29, 0.717) is 28.3 Å². The molecule has 5 aromatic rings. The van der Waals surface area contributed by atoms with Crippen LogP contribution in [0.1, 0.15) is 12.1 Å². The third-order valence-electron chi connectivity index (χ3n) is 5.55. The fraction of sp³-hybridized carbons (Fsp3) is 0.130. The molecule has 0 unspecified atom stereocenters. The standard InChI is InChI=1S/C23H18FN7/c24-15-4-2-1-3-14(15)19-20-17(9-12-26-19)28-23(29-20)22-21-18(30-31-22)6-5-16(27-21)13-7-10-25-11-8-13/h1-7,9,12,25H,8,10-11H2,(H,28,29)(H,30,31). The number of imidazole rings is 1. The van der Waals surface area contributed by atoms with Gasteiger partial charge in [-0.25, -0.2) is 14.4 Å². The highest BCUT2D eigenvalue weighted by Gasteiger charge is 2.19. The average molecular weight is 411 g/mol. The molecule has 31 heavy (non-hydrogen) atoms. The van der Waals surface area contributed by atoms with Crippen molar-refractivity contribution in [1.82, 2.24) is 35.5 Å². The van der Waals surface area contributed by atoms with Gasteiger partial charge >= 0.3 is 0 Å². The Kier molecular flexibility index (Phi) is 4.10. The molecule has 0 atom stereocenters. The molecule has 1 aliphatic rings. The molecule has 0 saturated carbocycles. The minimum absolute atomic E-state index is 0.334. The number of benzene rings is 1. The predicted molar refractivity (Wildman–Crippen MR) is 118 cm³/mol. The zero-order valence-corrected chi connectivity index (χ0v) is 16.5. The second kappa shape index (κ2) is 7.10. The van der Waals surface area contributed by atoms with Crippen LogP contribution in [0.4, 0.5) is 4.39 Å². The molecule has 0 aliphatic carbocycles. The van der Waals surface area contributed by atoms with Gasteiger partial charge in [-0.2, -0.15) is 5.10 Å². The van der Waals surface area contributed by atoms with E-state index in [2.05, 4.69) is 31.6 Å². The summed E-state index contributed by atoms with van der Waals surface area (Å²) in [5, 5.41) is 10.8. The van der Waals surface area contributed by atoms with Gasteiger partial charge in [-0.05, 0) is 48.9 Å². The number of nitrogens with zero attached hydrogens (tertiary/aromatic N) is 4. The van der Waals surface area contributed by atoms with Crippen molar-refractivity contribution in [3.8, 4) is 22.8 Å². The Morgan fingerprint density at radius 3 is 2.68 bits per heavy atom. The summed E-state index contributed by atoms with van der Waals surface area (Å²) in [6.45, 7) is 1.79. The van der Waals surface area contributed by atoms with E-state index in [1.54, 1.807) is 24.4 Å². The van der Waals surface area contributed by atoms with Gasteiger partial charge in [0.25, 0.3) is 0 Å². The summed E-state index contributed by atoms with van der Waals surface area (Å²) >= 11 is 0. The first-order chi connectivity index (χ1) is 15.3. The van der Waals surface area contributed by atoms with Crippen molar-refractivity contribution in [2.75, 3.05) is 13.1 Å². The second-order valence-electron chi connectivity index (χ2n) is 7.47. The molecule has 1 aromatic carbocycles. The topological polar surface area (TPSA) is 95.2 Å². The largest absolute Gasteiger partial charge is 0.336 e. The van der Waals surface area contributed by atoms with Crippen LogP contribution < -0.4 is 5.32 Å². The van der Waals surface area contributed by atoms with Crippen LogP contribution in [-0.2, 0) is 0 Å². The van der Waals surface area contributed by atoms with E-state index in [-0.39, 0.29) is 5.82 Å². The minimum atomic E-state index is -0.334. The van der Waals surface area contributed by atoms with E-state index in [4.69, 9.17) is 9.97 Å². The first-order valence-corrected chi connectivity index (χ1v) is 10.1. The maximum Gasteiger partial charge on any atom is 0.161 e. The number of H-pyrrole nitrogens is 2. The lowest BCUT2D eigenvalue weighted by Gasteiger charge is -2.13. The number of halogens is 1.